The van der Waals surface area contributed by atoms with E-state index in [0.29, 0.717) is 18.7 Å². The van der Waals surface area contributed by atoms with Crippen molar-refractivity contribution in [2.45, 2.75) is 12.5 Å². The molecule has 88 valence electrons. The number of aliphatic carboxylic acids is 1. The minimum atomic E-state index is -1.11. The van der Waals surface area contributed by atoms with Crippen molar-refractivity contribution >= 4 is 5.97 Å². The quantitative estimate of drug-likeness (QED) is 0.693. The van der Waals surface area contributed by atoms with Gasteiger partial charge in [0.1, 0.15) is 5.54 Å². The summed E-state index contributed by atoms with van der Waals surface area (Å²) in [4.78, 5) is 15.2. The number of nitrogens with one attached hydrogen (secondary N) is 1. The Bertz CT molecular complexity index is 342. The molecule has 0 spiro atoms. The van der Waals surface area contributed by atoms with Crippen LogP contribution in [0.25, 0.3) is 0 Å². The van der Waals surface area contributed by atoms with E-state index in [4.69, 9.17) is 4.74 Å². The van der Waals surface area contributed by atoms with Gasteiger partial charge in [0.2, 0.25) is 0 Å². The molecule has 0 bridgehead atoms. The molecule has 0 saturated heterocycles. The predicted octanol–water partition coefficient (Wildman–Crippen LogP) is 0.617. The summed E-state index contributed by atoms with van der Waals surface area (Å²) in [5.41, 5.74) is -0.437. The SMILES string of the molecule is COCCNC(C)(C(=O)O)c1ccncc1. The third-order valence-electron chi connectivity index (χ3n) is 2.47. The zero-order chi connectivity index (χ0) is 12.0. The number of nitrogens with zero attached hydrogens (tertiary/aromatic N) is 1. The van der Waals surface area contributed by atoms with E-state index in [1.54, 1.807) is 38.6 Å². The van der Waals surface area contributed by atoms with Crippen LogP contribution in [0.1, 0.15) is 12.5 Å². The van der Waals surface area contributed by atoms with E-state index >= 15 is 0 Å². The maximum Gasteiger partial charge on any atom is 0.328 e. The van der Waals surface area contributed by atoms with Crippen LogP contribution in [-0.2, 0) is 15.1 Å². The lowest BCUT2D eigenvalue weighted by Crippen LogP contribution is -2.47. The molecule has 0 aliphatic rings. The Balaban J connectivity index is 2.85. The summed E-state index contributed by atoms with van der Waals surface area (Å²) in [5, 5.41) is 12.2. The highest BCUT2D eigenvalue weighted by Crippen LogP contribution is 2.19. The van der Waals surface area contributed by atoms with Crippen LogP contribution in [0.3, 0.4) is 0 Å². The highest BCUT2D eigenvalue weighted by molar-refractivity contribution is 5.80. The first-order valence-corrected chi connectivity index (χ1v) is 4.99. The van der Waals surface area contributed by atoms with E-state index in [-0.39, 0.29) is 0 Å². The van der Waals surface area contributed by atoms with E-state index in [1.165, 1.54) is 0 Å². The van der Waals surface area contributed by atoms with Crippen LogP contribution in [0.5, 0.6) is 0 Å². The molecule has 0 aromatic carbocycles. The summed E-state index contributed by atoms with van der Waals surface area (Å²) < 4.78 is 4.89. The summed E-state index contributed by atoms with van der Waals surface area (Å²) in [5.74, 6) is -0.921. The molecule has 16 heavy (non-hydrogen) atoms. The fourth-order valence-corrected chi connectivity index (χ4v) is 1.39. The lowest BCUT2D eigenvalue weighted by atomic mass is 9.93. The first-order valence-electron chi connectivity index (χ1n) is 4.99. The van der Waals surface area contributed by atoms with Gasteiger partial charge in [-0.15, -0.1) is 0 Å². The maximum absolute atomic E-state index is 11.3. The van der Waals surface area contributed by atoms with Gasteiger partial charge in [-0.25, -0.2) is 4.79 Å². The summed E-state index contributed by atoms with van der Waals surface area (Å²) in [7, 11) is 1.58. The minimum absolute atomic E-state index is 0.466. The van der Waals surface area contributed by atoms with Crippen LogP contribution in [-0.4, -0.2) is 36.3 Å². The van der Waals surface area contributed by atoms with Crippen molar-refractivity contribution in [2.24, 2.45) is 0 Å². The molecule has 0 saturated carbocycles. The number of methoxy groups -OCH3 is 1. The van der Waals surface area contributed by atoms with Crippen molar-refractivity contribution in [1.82, 2.24) is 10.3 Å². The van der Waals surface area contributed by atoms with E-state index in [9.17, 15) is 9.90 Å². The Morgan fingerprint density at radius 2 is 2.19 bits per heavy atom. The molecule has 0 fully saturated rings. The summed E-state index contributed by atoms with van der Waals surface area (Å²) >= 11 is 0. The van der Waals surface area contributed by atoms with Crippen LogP contribution >= 0.6 is 0 Å². The molecule has 1 atom stereocenters. The lowest BCUT2D eigenvalue weighted by Gasteiger charge is -2.26. The Hall–Kier alpha value is -1.46. The third kappa shape index (κ3) is 2.77. The van der Waals surface area contributed by atoms with E-state index in [2.05, 4.69) is 10.3 Å². The molecular formula is C11H16N2O3. The summed E-state index contributed by atoms with van der Waals surface area (Å²) in [6.45, 7) is 2.57. The number of rotatable bonds is 6. The average molecular weight is 224 g/mol. The van der Waals surface area contributed by atoms with Crippen LogP contribution in [0.15, 0.2) is 24.5 Å². The van der Waals surface area contributed by atoms with Crippen LogP contribution in [0.4, 0.5) is 0 Å². The van der Waals surface area contributed by atoms with Gasteiger partial charge in [0.25, 0.3) is 0 Å². The molecule has 0 radical (unpaired) electrons. The van der Waals surface area contributed by atoms with Crippen molar-refractivity contribution < 1.29 is 14.6 Å². The van der Waals surface area contributed by atoms with Gasteiger partial charge in [0.05, 0.1) is 6.61 Å². The fraction of sp³-hybridized carbons (Fsp3) is 0.455. The first-order chi connectivity index (χ1) is 7.61. The fourth-order valence-electron chi connectivity index (χ4n) is 1.39. The number of hydrogen-bond acceptors (Lipinski definition) is 4. The zero-order valence-electron chi connectivity index (χ0n) is 9.43. The molecule has 5 nitrogen and oxygen atoms in total. The normalized spacial score (nSPS) is 14.4. The van der Waals surface area contributed by atoms with Crippen molar-refractivity contribution in [3.63, 3.8) is 0 Å². The Morgan fingerprint density at radius 1 is 1.56 bits per heavy atom. The summed E-state index contributed by atoms with van der Waals surface area (Å²) in [6, 6.07) is 3.38. The molecule has 1 aromatic rings. The van der Waals surface area contributed by atoms with Crippen molar-refractivity contribution in [1.29, 1.82) is 0 Å². The number of hydrogen-bond donors (Lipinski definition) is 2. The standard InChI is InChI=1S/C11H16N2O3/c1-11(10(14)15,13-7-8-16-2)9-3-5-12-6-4-9/h3-6,13H,7-8H2,1-2H3,(H,14,15). The highest BCUT2D eigenvalue weighted by atomic mass is 16.5. The number of carboxylic acid groups (broad SMARTS) is 1. The van der Waals surface area contributed by atoms with Gasteiger partial charge in [-0.3, -0.25) is 10.3 Å². The van der Waals surface area contributed by atoms with Gasteiger partial charge < -0.3 is 9.84 Å². The lowest BCUT2D eigenvalue weighted by molar-refractivity contribution is -0.144. The van der Waals surface area contributed by atoms with E-state index in [1.807, 2.05) is 0 Å². The molecule has 1 aromatic heterocycles. The average Bonchev–Trinajstić information content (AvgIpc) is 2.30. The predicted molar refractivity (Wildman–Crippen MR) is 59.1 cm³/mol. The van der Waals surface area contributed by atoms with Crippen molar-refractivity contribution in [2.75, 3.05) is 20.3 Å². The van der Waals surface area contributed by atoms with E-state index < -0.39 is 11.5 Å². The van der Waals surface area contributed by atoms with Crippen LogP contribution in [0, 0.1) is 0 Å². The van der Waals surface area contributed by atoms with E-state index in [0.717, 1.165) is 0 Å². The molecule has 5 heteroatoms. The molecule has 1 heterocycles. The Labute approximate surface area is 94.5 Å². The molecule has 1 rings (SSSR count). The Kier molecular flexibility index (Phi) is 4.39. The molecule has 0 aliphatic heterocycles. The van der Waals surface area contributed by atoms with Crippen LogP contribution < -0.4 is 5.32 Å². The largest absolute Gasteiger partial charge is 0.480 e. The molecule has 0 aliphatic carbocycles. The number of carbonyl (C=O) groups is 1. The van der Waals surface area contributed by atoms with Crippen LogP contribution in [0.2, 0.25) is 0 Å². The highest BCUT2D eigenvalue weighted by Gasteiger charge is 2.34. The van der Waals surface area contributed by atoms with Gasteiger partial charge in [0.15, 0.2) is 0 Å². The maximum atomic E-state index is 11.3. The second kappa shape index (κ2) is 5.58. The Morgan fingerprint density at radius 3 is 2.69 bits per heavy atom. The molecular weight excluding hydrogens is 208 g/mol. The zero-order valence-corrected chi connectivity index (χ0v) is 9.43. The first kappa shape index (κ1) is 12.6. The molecule has 2 N–H and O–H groups in total. The van der Waals surface area contributed by atoms with Crippen molar-refractivity contribution in [3.8, 4) is 0 Å². The second-order valence-electron chi connectivity index (χ2n) is 3.59. The van der Waals surface area contributed by atoms with Gasteiger partial charge in [0, 0.05) is 26.0 Å². The van der Waals surface area contributed by atoms with Gasteiger partial charge in [-0.05, 0) is 24.6 Å². The van der Waals surface area contributed by atoms with Gasteiger partial charge in [-0.1, -0.05) is 0 Å². The number of aromatic nitrogens is 1. The second-order valence-corrected chi connectivity index (χ2v) is 3.59. The minimum Gasteiger partial charge on any atom is -0.480 e. The smallest absolute Gasteiger partial charge is 0.328 e. The van der Waals surface area contributed by atoms with Crippen molar-refractivity contribution in [3.05, 3.63) is 30.1 Å². The van der Waals surface area contributed by atoms with Gasteiger partial charge in [-0.2, -0.15) is 0 Å². The molecule has 0 amide bonds. The molecule has 1 unspecified atom stereocenters. The van der Waals surface area contributed by atoms with Gasteiger partial charge >= 0.3 is 5.97 Å². The number of ether oxygens (including phenoxy) is 1. The topological polar surface area (TPSA) is 71.5 Å². The third-order valence-corrected chi connectivity index (χ3v) is 2.47. The monoisotopic (exact) mass is 224 g/mol. The number of pyridine rings is 1. The number of carboxylic acids is 1. The summed E-state index contributed by atoms with van der Waals surface area (Å²) in [6.07, 6.45) is 3.16.